The van der Waals surface area contributed by atoms with Gasteiger partial charge in [-0.15, -0.1) is 5.10 Å². The standard InChI is InChI=1S/C16H23N3S/c1-10-7-11(2)9-12(8-10)13(17-6)14-15(16(3,4)5)18-19-20-14/h7-9,13,17H,1-6H3. The zero-order valence-corrected chi connectivity index (χ0v) is 13.9. The second-order valence-corrected chi connectivity index (χ2v) is 7.16. The molecular formula is C16H23N3S. The van der Waals surface area contributed by atoms with Gasteiger partial charge in [0.1, 0.15) is 0 Å². The third-order valence-electron chi connectivity index (χ3n) is 3.35. The lowest BCUT2D eigenvalue weighted by Gasteiger charge is -2.22. The lowest BCUT2D eigenvalue weighted by Crippen LogP contribution is -2.22. The molecule has 1 unspecified atom stereocenters. The summed E-state index contributed by atoms with van der Waals surface area (Å²) in [6.07, 6.45) is 0. The van der Waals surface area contributed by atoms with E-state index in [0.29, 0.717) is 0 Å². The van der Waals surface area contributed by atoms with Gasteiger partial charge in [0.05, 0.1) is 16.6 Å². The van der Waals surface area contributed by atoms with E-state index in [1.54, 1.807) is 0 Å². The van der Waals surface area contributed by atoms with Crippen LogP contribution >= 0.6 is 11.5 Å². The fraction of sp³-hybridized carbons (Fsp3) is 0.500. The molecule has 4 heteroatoms. The van der Waals surface area contributed by atoms with E-state index in [1.807, 2.05) is 7.05 Å². The summed E-state index contributed by atoms with van der Waals surface area (Å²) >= 11 is 1.49. The van der Waals surface area contributed by atoms with Crippen molar-refractivity contribution in [3.05, 3.63) is 45.5 Å². The predicted octanol–water partition coefficient (Wildman–Crippen LogP) is 3.76. The smallest absolute Gasteiger partial charge is 0.0860 e. The number of aryl methyl sites for hydroxylation is 2. The lowest BCUT2D eigenvalue weighted by molar-refractivity contribution is 0.549. The van der Waals surface area contributed by atoms with Crippen LogP contribution in [0.4, 0.5) is 0 Å². The molecule has 0 saturated carbocycles. The van der Waals surface area contributed by atoms with E-state index >= 15 is 0 Å². The van der Waals surface area contributed by atoms with Gasteiger partial charge in [0, 0.05) is 5.41 Å². The van der Waals surface area contributed by atoms with Crippen molar-refractivity contribution in [2.75, 3.05) is 7.05 Å². The maximum atomic E-state index is 4.36. The van der Waals surface area contributed by atoms with Crippen molar-refractivity contribution in [1.29, 1.82) is 0 Å². The second kappa shape index (κ2) is 5.62. The molecule has 3 nitrogen and oxygen atoms in total. The van der Waals surface area contributed by atoms with E-state index in [0.717, 1.165) is 5.69 Å². The fourth-order valence-corrected chi connectivity index (χ4v) is 3.54. The van der Waals surface area contributed by atoms with E-state index in [9.17, 15) is 0 Å². The molecule has 108 valence electrons. The number of rotatable bonds is 3. The van der Waals surface area contributed by atoms with E-state index in [-0.39, 0.29) is 11.5 Å². The molecule has 20 heavy (non-hydrogen) atoms. The summed E-state index contributed by atoms with van der Waals surface area (Å²) in [6.45, 7) is 10.8. The first-order valence-electron chi connectivity index (χ1n) is 6.91. The Morgan fingerprint density at radius 3 is 2.20 bits per heavy atom. The van der Waals surface area contributed by atoms with Crippen molar-refractivity contribution in [3.8, 4) is 0 Å². The summed E-state index contributed by atoms with van der Waals surface area (Å²) in [4.78, 5) is 1.21. The molecule has 0 spiro atoms. The molecule has 0 bridgehead atoms. The van der Waals surface area contributed by atoms with Gasteiger partial charge in [0.25, 0.3) is 0 Å². The quantitative estimate of drug-likeness (QED) is 0.935. The molecule has 1 N–H and O–H groups in total. The van der Waals surface area contributed by atoms with Crippen LogP contribution in [-0.4, -0.2) is 16.6 Å². The summed E-state index contributed by atoms with van der Waals surface area (Å²) in [7, 11) is 1.99. The zero-order valence-electron chi connectivity index (χ0n) is 13.1. The number of nitrogens with zero attached hydrogens (tertiary/aromatic N) is 2. The first-order valence-corrected chi connectivity index (χ1v) is 7.68. The van der Waals surface area contributed by atoms with Gasteiger partial charge in [-0.3, -0.25) is 0 Å². The van der Waals surface area contributed by atoms with Crippen LogP contribution in [0.3, 0.4) is 0 Å². The highest BCUT2D eigenvalue weighted by molar-refractivity contribution is 7.05. The van der Waals surface area contributed by atoms with Gasteiger partial charge < -0.3 is 5.32 Å². The Labute approximate surface area is 125 Å². The minimum atomic E-state index is 0.0102. The van der Waals surface area contributed by atoms with Crippen molar-refractivity contribution in [1.82, 2.24) is 14.9 Å². The van der Waals surface area contributed by atoms with Gasteiger partial charge in [-0.1, -0.05) is 54.6 Å². The molecule has 2 aromatic rings. The summed E-state index contributed by atoms with van der Waals surface area (Å²) in [5, 5.41) is 7.77. The lowest BCUT2D eigenvalue weighted by atomic mass is 9.88. The van der Waals surface area contributed by atoms with Gasteiger partial charge >= 0.3 is 0 Å². The third kappa shape index (κ3) is 3.07. The molecule has 0 fully saturated rings. The molecule has 0 saturated heterocycles. The Morgan fingerprint density at radius 2 is 1.70 bits per heavy atom. The van der Waals surface area contributed by atoms with Crippen LogP contribution in [0.25, 0.3) is 0 Å². The van der Waals surface area contributed by atoms with Gasteiger partial charge in [0.15, 0.2) is 0 Å². The molecule has 1 heterocycles. The Balaban J connectivity index is 2.50. The Kier molecular flexibility index (Phi) is 4.25. The maximum Gasteiger partial charge on any atom is 0.0860 e. The van der Waals surface area contributed by atoms with E-state index in [2.05, 4.69) is 67.7 Å². The number of nitrogens with one attached hydrogen (secondary N) is 1. The van der Waals surface area contributed by atoms with E-state index < -0.39 is 0 Å². The SMILES string of the molecule is CNC(c1cc(C)cc(C)c1)c1snnc1C(C)(C)C. The minimum Gasteiger partial charge on any atom is -0.309 e. The predicted molar refractivity (Wildman–Crippen MR) is 85.4 cm³/mol. The Bertz CT molecular complexity index is 576. The van der Waals surface area contributed by atoms with Gasteiger partial charge in [-0.2, -0.15) is 0 Å². The second-order valence-electron chi connectivity index (χ2n) is 6.38. The molecule has 1 aromatic carbocycles. The maximum absolute atomic E-state index is 4.36. The summed E-state index contributed by atoms with van der Waals surface area (Å²) in [5.41, 5.74) is 4.95. The Hall–Kier alpha value is -1.26. The van der Waals surface area contributed by atoms with Crippen molar-refractivity contribution in [2.24, 2.45) is 0 Å². The molecular weight excluding hydrogens is 266 g/mol. The highest BCUT2D eigenvalue weighted by Crippen LogP contribution is 2.33. The molecule has 0 amide bonds. The first kappa shape index (κ1) is 15.1. The zero-order chi connectivity index (χ0) is 14.9. The van der Waals surface area contributed by atoms with Gasteiger partial charge in [-0.05, 0) is 38.0 Å². The van der Waals surface area contributed by atoms with E-state index in [4.69, 9.17) is 0 Å². The minimum absolute atomic E-state index is 0.0102. The normalized spacial score (nSPS) is 13.5. The molecule has 0 aliphatic carbocycles. The third-order valence-corrected chi connectivity index (χ3v) is 4.14. The van der Waals surface area contributed by atoms with Crippen molar-refractivity contribution in [2.45, 2.75) is 46.1 Å². The van der Waals surface area contributed by atoms with E-state index in [1.165, 1.54) is 33.1 Å². The highest BCUT2D eigenvalue weighted by Gasteiger charge is 2.27. The van der Waals surface area contributed by atoms with Crippen LogP contribution in [0, 0.1) is 13.8 Å². The fourth-order valence-electron chi connectivity index (χ4n) is 2.53. The summed E-state index contributed by atoms with van der Waals surface area (Å²) in [6, 6.07) is 6.83. The summed E-state index contributed by atoms with van der Waals surface area (Å²) < 4.78 is 4.18. The summed E-state index contributed by atoms with van der Waals surface area (Å²) in [5.74, 6) is 0. The molecule has 1 aromatic heterocycles. The van der Waals surface area contributed by atoms with Crippen LogP contribution in [0.5, 0.6) is 0 Å². The monoisotopic (exact) mass is 289 g/mol. The van der Waals surface area contributed by atoms with Crippen LogP contribution in [-0.2, 0) is 5.41 Å². The van der Waals surface area contributed by atoms with Gasteiger partial charge in [0.2, 0.25) is 0 Å². The topological polar surface area (TPSA) is 37.8 Å². The number of hydrogen-bond acceptors (Lipinski definition) is 4. The number of benzene rings is 1. The Morgan fingerprint density at radius 1 is 1.10 bits per heavy atom. The average molecular weight is 289 g/mol. The highest BCUT2D eigenvalue weighted by atomic mass is 32.1. The van der Waals surface area contributed by atoms with Crippen molar-refractivity contribution in [3.63, 3.8) is 0 Å². The largest absolute Gasteiger partial charge is 0.309 e. The van der Waals surface area contributed by atoms with Crippen LogP contribution in [0.2, 0.25) is 0 Å². The van der Waals surface area contributed by atoms with Crippen LogP contribution in [0.1, 0.15) is 54.1 Å². The average Bonchev–Trinajstić information content (AvgIpc) is 2.77. The van der Waals surface area contributed by atoms with Gasteiger partial charge in [-0.25, -0.2) is 0 Å². The van der Waals surface area contributed by atoms with Crippen molar-refractivity contribution < 1.29 is 0 Å². The van der Waals surface area contributed by atoms with Crippen molar-refractivity contribution >= 4 is 11.5 Å². The van der Waals surface area contributed by atoms with Crippen LogP contribution in [0.15, 0.2) is 18.2 Å². The first-order chi connectivity index (χ1) is 9.32. The molecule has 0 aliphatic rings. The number of hydrogen-bond donors (Lipinski definition) is 1. The molecule has 0 aliphatic heterocycles. The van der Waals surface area contributed by atoms with Crippen LogP contribution < -0.4 is 5.32 Å². The molecule has 2 rings (SSSR count). The molecule has 1 atom stereocenters. The molecule has 0 radical (unpaired) electrons. The number of aromatic nitrogens is 2.